The molecule has 88 valence electrons. The predicted molar refractivity (Wildman–Crippen MR) is 62.3 cm³/mol. The highest BCUT2D eigenvalue weighted by molar-refractivity contribution is 8.29. The van der Waals surface area contributed by atoms with Gasteiger partial charge in [-0.2, -0.15) is 0 Å². The van der Waals surface area contributed by atoms with Gasteiger partial charge in [0.25, 0.3) is 5.91 Å². The largest absolute Gasteiger partial charge is 0.395 e. The number of aliphatic hydroxyl groups is 1. The number of rotatable bonds is 4. The first-order valence-electron chi connectivity index (χ1n) is 4.42. The maximum atomic E-state index is 11.6. The van der Waals surface area contributed by atoms with Crippen LogP contribution in [0.4, 0.5) is 0 Å². The molecule has 0 spiro atoms. The Hall–Kier alpha value is -1.02. The number of carbonyl (C=O) groups is 1. The van der Waals surface area contributed by atoms with E-state index in [4.69, 9.17) is 5.11 Å². The molecule has 1 atom stereocenters. The summed E-state index contributed by atoms with van der Waals surface area (Å²) < 4.78 is 20.6. The summed E-state index contributed by atoms with van der Waals surface area (Å²) in [5.74, 6) is -0.531. The van der Waals surface area contributed by atoms with E-state index in [0.717, 1.165) is 0 Å². The standard InChI is InChI=1S/C9H11NO4S2/c11-6-5-10-9(12)7-3-1-2-4-8(7)16(13,14)15/h1-4,11H,5-6H2,(H,10,12)(H,13,14,15). The fourth-order valence-electron chi connectivity index (χ4n) is 1.14. The topological polar surface area (TPSA) is 86.6 Å². The normalized spacial score (nSPS) is 14.1. The maximum absolute atomic E-state index is 11.6. The molecular formula is C9H11NO4S2. The van der Waals surface area contributed by atoms with Crippen LogP contribution in [0.5, 0.6) is 0 Å². The van der Waals surface area contributed by atoms with E-state index < -0.39 is 14.7 Å². The Morgan fingerprint density at radius 3 is 2.62 bits per heavy atom. The number of nitrogens with one attached hydrogen (secondary N) is 1. The summed E-state index contributed by atoms with van der Waals surface area (Å²) >= 11 is 4.42. The molecule has 0 saturated carbocycles. The van der Waals surface area contributed by atoms with Crippen LogP contribution in [0.3, 0.4) is 0 Å². The zero-order valence-corrected chi connectivity index (χ0v) is 9.88. The molecule has 0 saturated heterocycles. The molecule has 0 heterocycles. The van der Waals surface area contributed by atoms with Crippen LogP contribution in [-0.2, 0) is 20.0 Å². The molecular weight excluding hydrogens is 250 g/mol. The lowest BCUT2D eigenvalue weighted by Crippen LogP contribution is -2.27. The lowest BCUT2D eigenvalue weighted by Gasteiger charge is -2.08. The quantitative estimate of drug-likeness (QED) is 0.709. The molecule has 0 aliphatic rings. The summed E-state index contributed by atoms with van der Waals surface area (Å²) in [7, 11) is -3.59. The predicted octanol–water partition coefficient (Wildman–Crippen LogP) is -0.0131. The van der Waals surface area contributed by atoms with Crippen LogP contribution in [0.1, 0.15) is 10.4 Å². The molecule has 5 nitrogen and oxygen atoms in total. The van der Waals surface area contributed by atoms with Gasteiger partial charge in [0.15, 0.2) is 8.77 Å². The summed E-state index contributed by atoms with van der Waals surface area (Å²) in [6, 6.07) is 5.84. The van der Waals surface area contributed by atoms with Crippen molar-refractivity contribution in [2.45, 2.75) is 4.90 Å². The molecule has 0 aliphatic heterocycles. The van der Waals surface area contributed by atoms with Gasteiger partial charge in [-0.05, 0) is 12.1 Å². The Morgan fingerprint density at radius 2 is 2.06 bits per heavy atom. The minimum Gasteiger partial charge on any atom is -0.395 e. The lowest BCUT2D eigenvalue weighted by atomic mass is 10.2. The Bertz CT molecular complexity index is 484. The SMILES string of the molecule is O=C(NCCO)c1ccccc1S(=O)(O)=S. The van der Waals surface area contributed by atoms with E-state index in [1.165, 1.54) is 18.2 Å². The van der Waals surface area contributed by atoms with Crippen LogP contribution in [0, 0.1) is 0 Å². The summed E-state index contributed by atoms with van der Waals surface area (Å²) in [4.78, 5) is 11.5. The summed E-state index contributed by atoms with van der Waals surface area (Å²) in [6.45, 7) is -0.118. The number of aliphatic hydroxyl groups excluding tert-OH is 1. The van der Waals surface area contributed by atoms with Gasteiger partial charge in [-0.1, -0.05) is 12.1 Å². The smallest absolute Gasteiger partial charge is 0.252 e. The van der Waals surface area contributed by atoms with E-state index in [0.29, 0.717) is 0 Å². The maximum Gasteiger partial charge on any atom is 0.252 e. The Morgan fingerprint density at radius 1 is 1.44 bits per heavy atom. The molecule has 0 fully saturated rings. The monoisotopic (exact) mass is 261 g/mol. The van der Waals surface area contributed by atoms with E-state index in [1.54, 1.807) is 6.07 Å². The van der Waals surface area contributed by atoms with Crippen LogP contribution in [0.25, 0.3) is 0 Å². The van der Waals surface area contributed by atoms with Gasteiger partial charge in [0, 0.05) is 17.7 Å². The molecule has 0 aromatic heterocycles. The third kappa shape index (κ3) is 3.24. The lowest BCUT2D eigenvalue weighted by molar-refractivity contribution is 0.0941. The minimum absolute atomic E-state index is 0.0541. The van der Waals surface area contributed by atoms with Crippen molar-refractivity contribution < 1.29 is 18.7 Å². The van der Waals surface area contributed by atoms with E-state index in [1.807, 2.05) is 0 Å². The molecule has 0 radical (unpaired) electrons. The van der Waals surface area contributed by atoms with Crippen LogP contribution in [0.15, 0.2) is 29.2 Å². The van der Waals surface area contributed by atoms with Gasteiger partial charge in [0.2, 0.25) is 0 Å². The number of carbonyl (C=O) groups excluding carboxylic acids is 1. The fourth-order valence-corrected chi connectivity index (χ4v) is 2.27. The van der Waals surface area contributed by atoms with Crippen molar-refractivity contribution >= 4 is 25.9 Å². The zero-order valence-electron chi connectivity index (χ0n) is 8.25. The first kappa shape index (κ1) is 13.0. The van der Waals surface area contributed by atoms with Crippen molar-refractivity contribution in [2.24, 2.45) is 0 Å². The number of hydrogen-bond acceptors (Lipinski definition) is 4. The first-order chi connectivity index (χ1) is 7.46. The van der Waals surface area contributed by atoms with Gasteiger partial charge in [0.1, 0.15) is 0 Å². The van der Waals surface area contributed by atoms with Crippen LogP contribution in [-0.4, -0.2) is 32.9 Å². The average molecular weight is 261 g/mol. The van der Waals surface area contributed by atoms with Gasteiger partial charge < -0.3 is 15.0 Å². The van der Waals surface area contributed by atoms with Crippen molar-refractivity contribution in [3.63, 3.8) is 0 Å². The highest BCUT2D eigenvalue weighted by atomic mass is 32.8. The minimum atomic E-state index is -3.59. The molecule has 3 N–H and O–H groups in total. The molecule has 1 aromatic carbocycles. The van der Waals surface area contributed by atoms with Crippen molar-refractivity contribution in [1.82, 2.24) is 5.32 Å². The zero-order chi connectivity index (χ0) is 12.2. The van der Waals surface area contributed by atoms with Gasteiger partial charge in [-0.25, -0.2) is 4.21 Å². The van der Waals surface area contributed by atoms with Crippen LogP contribution >= 0.6 is 0 Å². The van der Waals surface area contributed by atoms with Crippen LogP contribution < -0.4 is 5.32 Å². The van der Waals surface area contributed by atoms with E-state index >= 15 is 0 Å². The average Bonchev–Trinajstić information content (AvgIpc) is 2.24. The van der Waals surface area contributed by atoms with Crippen molar-refractivity contribution in [2.75, 3.05) is 13.2 Å². The van der Waals surface area contributed by atoms with Crippen molar-refractivity contribution in [1.29, 1.82) is 0 Å². The van der Waals surface area contributed by atoms with E-state index in [2.05, 4.69) is 16.5 Å². The summed E-state index contributed by atoms with van der Waals surface area (Å²) in [6.07, 6.45) is 0. The highest BCUT2D eigenvalue weighted by Crippen LogP contribution is 2.15. The van der Waals surface area contributed by atoms with Crippen molar-refractivity contribution in [3.8, 4) is 0 Å². The number of amides is 1. The summed E-state index contributed by atoms with van der Waals surface area (Å²) in [5.41, 5.74) is 0.0541. The Labute approximate surface area is 98.0 Å². The third-order valence-corrected chi connectivity index (χ3v) is 3.26. The molecule has 16 heavy (non-hydrogen) atoms. The van der Waals surface area contributed by atoms with Gasteiger partial charge in [0.05, 0.1) is 17.1 Å². The second-order valence-electron chi connectivity index (χ2n) is 2.95. The van der Waals surface area contributed by atoms with Gasteiger partial charge >= 0.3 is 0 Å². The summed E-state index contributed by atoms with van der Waals surface area (Å²) in [5, 5.41) is 10.9. The van der Waals surface area contributed by atoms with Gasteiger partial charge in [-0.15, -0.1) is 0 Å². The Kier molecular flexibility index (Phi) is 4.36. The first-order valence-corrected chi connectivity index (χ1v) is 6.86. The van der Waals surface area contributed by atoms with Gasteiger partial charge in [-0.3, -0.25) is 4.79 Å². The van der Waals surface area contributed by atoms with Crippen LogP contribution in [0.2, 0.25) is 0 Å². The number of hydrogen-bond donors (Lipinski definition) is 3. The molecule has 1 rings (SSSR count). The molecule has 7 heteroatoms. The second kappa shape index (κ2) is 5.35. The molecule has 1 amide bonds. The Balaban J connectivity index is 3.09. The molecule has 1 unspecified atom stereocenters. The fraction of sp³-hybridized carbons (Fsp3) is 0.222. The van der Waals surface area contributed by atoms with E-state index in [-0.39, 0.29) is 23.6 Å². The highest BCUT2D eigenvalue weighted by Gasteiger charge is 2.16. The third-order valence-electron chi connectivity index (χ3n) is 1.81. The second-order valence-corrected chi connectivity index (χ2v) is 5.70. The van der Waals surface area contributed by atoms with Crippen molar-refractivity contribution in [3.05, 3.63) is 29.8 Å². The molecule has 0 aliphatic carbocycles. The van der Waals surface area contributed by atoms with E-state index in [9.17, 15) is 13.6 Å². The molecule has 1 aromatic rings. The number of benzene rings is 1. The molecule has 0 bridgehead atoms.